The molecule has 2 nitrogen and oxygen atoms in total. The number of H-pyrrole nitrogens is 1. The van der Waals surface area contributed by atoms with Crippen LogP contribution in [0.3, 0.4) is 0 Å². The van der Waals surface area contributed by atoms with Crippen molar-refractivity contribution < 1.29 is 0 Å². The van der Waals surface area contributed by atoms with E-state index in [2.05, 4.69) is 77.2 Å². The van der Waals surface area contributed by atoms with E-state index < -0.39 is 0 Å². The molecule has 0 aliphatic heterocycles. The van der Waals surface area contributed by atoms with E-state index in [1.165, 1.54) is 5.56 Å². The minimum Gasteiger partial charge on any atom is -0.341 e. The van der Waals surface area contributed by atoms with E-state index in [1.54, 1.807) is 0 Å². The standard InChI is InChI=1S/C18H19BrN2/c1-3-12(2)17(13-7-5-4-6-8-13)18-20-15-10-9-14(19)11-16(15)21-18/h4-12,17H,3H2,1-2H3,(H,20,21). The predicted molar refractivity (Wildman–Crippen MR) is 91.5 cm³/mol. The Bertz CT molecular complexity index is 733. The number of halogens is 1. The molecule has 0 aliphatic carbocycles. The number of nitrogens with zero attached hydrogens (tertiary/aromatic N) is 1. The van der Waals surface area contributed by atoms with Crippen molar-refractivity contribution in [2.45, 2.75) is 26.2 Å². The van der Waals surface area contributed by atoms with Gasteiger partial charge in [0.05, 0.1) is 11.0 Å². The van der Waals surface area contributed by atoms with Crippen molar-refractivity contribution in [2.24, 2.45) is 5.92 Å². The molecule has 1 N–H and O–H groups in total. The van der Waals surface area contributed by atoms with Crippen LogP contribution < -0.4 is 0 Å². The van der Waals surface area contributed by atoms with Crippen LogP contribution in [-0.2, 0) is 0 Å². The van der Waals surface area contributed by atoms with Gasteiger partial charge in [0.1, 0.15) is 5.82 Å². The maximum Gasteiger partial charge on any atom is 0.115 e. The Hall–Kier alpha value is -1.61. The fourth-order valence-electron chi connectivity index (χ4n) is 2.80. The van der Waals surface area contributed by atoms with E-state index in [9.17, 15) is 0 Å². The highest BCUT2D eigenvalue weighted by molar-refractivity contribution is 9.10. The topological polar surface area (TPSA) is 28.7 Å². The molecule has 0 saturated heterocycles. The van der Waals surface area contributed by atoms with Crippen LogP contribution in [0.25, 0.3) is 11.0 Å². The molecular weight excluding hydrogens is 324 g/mol. The number of hydrogen-bond acceptors (Lipinski definition) is 1. The summed E-state index contributed by atoms with van der Waals surface area (Å²) in [6, 6.07) is 16.8. The average Bonchev–Trinajstić information content (AvgIpc) is 2.90. The number of fused-ring (bicyclic) bond motifs is 1. The largest absolute Gasteiger partial charge is 0.341 e. The molecule has 2 atom stereocenters. The first-order valence-electron chi connectivity index (χ1n) is 7.39. The smallest absolute Gasteiger partial charge is 0.115 e. The van der Waals surface area contributed by atoms with Crippen LogP contribution in [-0.4, -0.2) is 9.97 Å². The highest BCUT2D eigenvalue weighted by atomic mass is 79.9. The Morgan fingerprint density at radius 2 is 1.90 bits per heavy atom. The van der Waals surface area contributed by atoms with Gasteiger partial charge in [-0.05, 0) is 29.7 Å². The van der Waals surface area contributed by atoms with Gasteiger partial charge in [0.25, 0.3) is 0 Å². The lowest BCUT2D eigenvalue weighted by Gasteiger charge is -2.21. The first-order valence-corrected chi connectivity index (χ1v) is 8.18. The summed E-state index contributed by atoms with van der Waals surface area (Å²) in [5, 5.41) is 0. The van der Waals surface area contributed by atoms with Gasteiger partial charge in [-0.1, -0.05) is 66.5 Å². The molecule has 0 bridgehead atoms. The third-order valence-electron chi connectivity index (χ3n) is 4.13. The molecule has 3 rings (SSSR count). The van der Waals surface area contributed by atoms with Crippen molar-refractivity contribution in [3.05, 3.63) is 64.4 Å². The fourth-order valence-corrected chi connectivity index (χ4v) is 3.16. The van der Waals surface area contributed by atoms with E-state index in [1.807, 2.05) is 6.07 Å². The molecule has 2 aromatic carbocycles. The van der Waals surface area contributed by atoms with Gasteiger partial charge in [-0.2, -0.15) is 0 Å². The molecule has 0 aliphatic rings. The van der Waals surface area contributed by atoms with Crippen molar-refractivity contribution in [2.75, 3.05) is 0 Å². The normalized spacial score (nSPS) is 14.2. The highest BCUT2D eigenvalue weighted by Crippen LogP contribution is 2.33. The molecule has 0 radical (unpaired) electrons. The first kappa shape index (κ1) is 14.3. The highest BCUT2D eigenvalue weighted by Gasteiger charge is 2.23. The second-order valence-corrected chi connectivity index (χ2v) is 6.47. The van der Waals surface area contributed by atoms with Crippen LogP contribution in [0.4, 0.5) is 0 Å². The summed E-state index contributed by atoms with van der Waals surface area (Å²) >= 11 is 3.52. The van der Waals surface area contributed by atoms with E-state index in [0.29, 0.717) is 11.8 Å². The van der Waals surface area contributed by atoms with Gasteiger partial charge in [-0.3, -0.25) is 0 Å². The third-order valence-corrected chi connectivity index (χ3v) is 4.62. The zero-order chi connectivity index (χ0) is 14.8. The van der Waals surface area contributed by atoms with E-state index in [0.717, 1.165) is 27.8 Å². The molecule has 0 spiro atoms. The first-order chi connectivity index (χ1) is 10.2. The Morgan fingerprint density at radius 1 is 1.14 bits per heavy atom. The van der Waals surface area contributed by atoms with Crippen molar-refractivity contribution in [1.82, 2.24) is 9.97 Å². The summed E-state index contributed by atoms with van der Waals surface area (Å²) in [6.45, 7) is 4.53. The summed E-state index contributed by atoms with van der Waals surface area (Å²) in [5.74, 6) is 1.91. The predicted octanol–water partition coefficient (Wildman–Crippen LogP) is 5.50. The maximum atomic E-state index is 4.82. The number of aromatic nitrogens is 2. The van der Waals surface area contributed by atoms with Crippen LogP contribution in [0.1, 0.15) is 37.6 Å². The zero-order valence-electron chi connectivity index (χ0n) is 12.3. The fraction of sp³-hybridized carbons (Fsp3) is 0.278. The lowest BCUT2D eigenvalue weighted by atomic mass is 9.85. The van der Waals surface area contributed by atoms with Gasteiger partial charge >= 0.3 is 0 Å². The van der Waals surface area contributed by atoms with Gasteiger partial charge < -0.3 is 4.98 Å². The Balaban J connectivity index is 2.10. The lowest BCUT2D eigenvalue weighted by molar-refractivity contribution is 0.482. The van der Waals surface area contributed by atoms with E-state index in [-0.39, 0.29) is 0 Å². The minimum absolute atomic E-state index is 0.308. The SMILES string of the molecule is CCC(C)C(c1ccccc1)c1nc2ccc(Br)cc2[nH]1. The van der Waals surface area contributed by atoms with Crippen LogP contribution in [0, 0.1) is 5.92 Å². The second kappa shape index (κ2) is 6.02. The van der Waals surface area contributed by atoms with Crippen LogP contribution >= 0.6 is 15.9 Å². The molecule has 0 amide bonds. The molecule has 0 fully saturated rings. The van der Waals surface area contributed by atoms with Crippen LogP contribution in [0.5, 0.6) is 0 Å². The van der Waals surface area contributed by atoms with Gasteiger partial charge in [0.15, 0.2) is 0 Å². The van der Waals surface area contributed by atoms with E-state index in [4.69, 9.17) is 4.98 Å². The van der Waals surface area contributed by atoms with Crippen LogP contribution in [0.2, 0.25) is 0 Å². The summed E-state index contributed by atoms with van der Waals surface area (Å²) in [5.41, 5.74) is 3.44. The van der Waals surface area contributed by atoms with Gasteiger partial charge in [-0.25, -0.2) is 4.98 Å². The molecule has 3 aromatic rings. The minimum atomic E-state index is 0.308. The molecule has 1 aromatic heterocycles. The average molecular weight is 343 g/mol. The Kier molecular flexibility index (Phi) is 4.11. The number of imidazole rings is 1. The summed E-state index contributed by atoms with van der Waals surface area (Å²) in [6.07, 6.45) is 1.13. The molecule has 1 heterocycles. The third kappa shape index (κ3) is 2.88. The summed E-state index contributed by atoms with van der Waals surface area (Å²) < 4.78 is 1.07. The number of benzene rings is 2. The van der Waals surface area contributed by atoms with Gasteiger partial charge in [0, 0.05) is 10.4 Å². The Morgan fingerprint density at radius 3 is 2.62 bits per heavy atom. The van der Waals surface area contributed by atoms with Crippen molar-refractivity contribution >= 4 is 27.0 Å². The molecular formula is C18H19BrN2. The quantitative estimate of drug-likeness (QED) is 0.665. The van der Waals surface area contributed by atoms with Crippen molar-refractivity contribution in [3.63, 3.8) is 0 Å². The number of rotatable bonds is 4. The molecule has 2 unspecified atom stereocenters. The Labute approximate surface area is 133 Å². The molecule has 21 heavy (non-hydrogen) atoms. The van der Waals surface area contributed by atoms with Crippen molar-refractivity contribution in [1.29, 1.82) is 0 Å². The zero-order valence-corrected chi connectivity index (χ0v) is 13.9. The number of nitrogens with one attached hydrogen (secondary N) is 1. The summed E-state index contributed by atoms with van der Waals surface area (Å²) in [7, 11) is 0. The van der Waals surface area contributed by atoms with Crippen LogP contribution in [0.15, 0.2) is 53.0 Å². The molecule has 0 saturated carbocycles. The number of hydrogen-bond donors (Lipinski definition) is 1. The van der Waals surface area contributed by atoms with Crippen molar-refractivity contribution in [3.8, 4) is 0 Å². The molecule has 3 heteroatoms. The van der Waals surface area contributed by atoms with Gasteiger partial charge in [0.2, 0.25) is 0 Å². The second-order valence-electron chi connectivity index (χ2n) is 5.56. The number of aromatic amines is 1. The van der Waals surface area contributed by atoms with E-state index >= 15 is 0 Å². The monoisotopic (exact) mass is 342 g/mol. The molecule has 108 valence electrons. The van der Waals surface area contributed by atoms with Gasteiger partial charge in [-0.15, -0.1) is 0 Å². The summed E-state index contributed by atoms with van der Waals surface area (Å²) in [4.78, 5) is 8.33. The lowest BCUT2D eigenvalue weighted by Crippen LogP contribution is -2.12. The maximum absolute atomic E-state index is 4.82.